The van der Waals surface area contributed by atoms with E-state index in [2.05, 4.69) is 0 Å². The highest BCUT2D eigenvalue weighted by Gasteiger charge is 2.33. The molecule has 2 aliphatic carbocycles. The quantitative estimate of drug-likeness (QED) is 0.530. The van der Waals surface area contributed by atoms with Gasteiger partial charge in [-0.15, -0.1) is 0 Å². The summed E-state index contributed by atoms with van der Waals surface area (Å²) in [6, 6.07) is 0. The molecule has 28 heavy (non-hydrogen) atoms. The molecule has 0 saturated heterocycles. The number of hydrogen-bond donors (Lipinski definition) is 4. The zero-order valence-corrected chi connectivity index (χ0v) is 15.7. The van der Waals surface area contributed by atoms with Crippen LogP contribution in [0.15, 0.2) is 24.3 Å². The molecule has 2 aliphatic rings. The lowest BCUT2D eigenvalue weighted by Crippen LogP contribution is -2.30. The zero-order chi connectivity index (χ0) is 21.1. The molecule has 0 amide bonds. The Morgan fingerprint density at radius 2 is 0.929 bits per heavy atom. The Kier molecular flexibility index (Phi) is 9.98. The monoisotopic (exact) mass is 396 g/mol. The molecule has 2 rings (SSSR count). The number of aliphatic carboxylic acids is 4. The largest absolute Gasteiger partial charge is 0.481 e. The summed E-state index contributed by atoms with van der Waals surface area (Å²) in [6.45, 7) is 0. The van der Waals surface area contributed by atoms with Gasteiger partial charge in [0.2, 0.25) is 0 Å². The maximum absolute atomic E-state index is 10.8. The van der Waals surface area contributed by atoms with E-state index in [1.165, 1.54) is 0 Å². The third-order valence-electron chi connectivity index (χ3n) is 5.14. The summed E-state index contributed by atoms with van der Waals surface area (Å²) < 4.78 is 0. The average molecular weight is 396 g/mol. The van der Waals surface area contributed by atoms with E-state index >= 15 is 0 Å². The molecule has 0 aromatic heterocycles. The number of carbonyl (C=O) groups is 4. The maximum atomic E-state index is 10.8. The van der Waals surface area contributed by atoms with Crippen molar-refractivity contribution in [2.75, 3.05) is 0 Å². The van der Waals surface area contributed by atoms with E-state index < -0.39 is 47.5 Å². The van der Waals surface area contributed by atoms with Gasteiger partial charge >= 0.3 is 23.9 Å². The van der Waals surface area contributed by atoms with Crippen LogP contribution in [0.4, 0.5) is 0 Å². The van der Waals surface area contributed by atoms with Gasteiger partial charge in [0.05, 0.1) is 23.7 Å². The molecule has 8 nitrogen and oxygen atoms in total. The first-order valence-corrected chi connectivity index (χ1v) is 9.46. The average Bonchev–Trinajstić information content (AvgIpc) is 2.53. The molecule has 0 bridgehead atoms. The summed E-state index contributed by atoms with van der Waals surface area (Å²) in [5.41, 5.74) is 0. The predicted octanol–water partition coefficient (Wildman–Crippen LogP) is 3.04. The van der Waals surface area contributed by atoms with Gasteiger partial charge in [0.25, 0.3) is 0 Å². The van der Waals surface area contributed by atoms with Crippen LogP contribution in [0.5, 0.6) is 0 Å². The number of rotatable bonds is 4. The van der Waals surface area contributed by atoms with Gasteiger partial charge in [0, 0.05) is 0 Å². The molecule has 0 aromatic carbocycles. The van der Waals surface area contributed by atoms with Crippen LogP contribution in [0.1, 0.15) is 51.4 Å². The van der Waals surface area contributed by atoms with Crippen molar-refractivity contribution < 1.29 is 39.6 Å². The van der Waals surface area contributed by atoms with Gasteiger partial charge in [-0.3, -0.25) is 19.2 Å². The van der Waals surface area contributed by atoms with Crippen molar-refractivity contribution in [1.29, 1.82) is 0 Å². The smallest absolute Gasteiger partial charge is 0.307 e. The van der Waals surface area contributed by atoms with Gasteiger partial charge in [0.15, 0.2) is 0 Å². The van der Waals surface area contributed by atoms with E-state index in [1.54, 1.807) is 6.08 Å². The highest BCUT2D eigenvalue weighted by atomic mass is 16.4. The van der Waals surface area contributed by atoms with Crippen molar-refractivity contribution in [3.05, 3.63) is 24.3 Å². The summed E-state index contributed by atoms with van der Waals surface area (Å²) in [5.74, 6) is -6.98. The third-order valence-corrected chi connectivity index (χ3v) is 5.14. The maximum Gasteiger partial charge on any atom is 0.307 e. The highest BCUT2D eigenvalue weighted by Crippen LogP contribution is 2.26. The Labute approximate surface area is 163 Å². The van der Waals surface area contributed by atoms with E-state index in [0.717, 1.165) is 12.8 Å². The van der Waals surface area contributed by atoms with Crippen LogP contribution < -0.4 is 0 Å². The topological polar surface area (TPSA) is 149 Å². The first kappa shape index (κ1) is 23.4. The van der Waals surface area contributed by atoms with Gasteiger partial charge in [-0.1, -0.05) is 24.3 Å². The Bertz CT molecular complexity index is 579. The summed E-state index contributed by atoms with van der Waals surface area (Å²) in [5, 5.41) is 35.5. The second-order valence-corrected chi connectivity index (χ2v) is 7.04. The fourth-order valence-electron chi connectivity index (χ4n) is 3.53. The van der Waals surface area contributed by atoms with E-state index in [1.807, 2.05) is 18.2 Å². The lowest BCUT2D eigenvalue weighted by atomic mass is 9.83. The Hall–Kier alpha value is -2.64. The molecule has 0 aromatic rings. The van der Waals surface area contributed by atoms with Crippen molar-refractivity contribution in [2.45, 2.75) is 51.4 Å². The Morgan fingerprint density at radius 3 is 1.36 bits per heavy atom. The predicted molar refractivity (Wildman–Crippen MR) is 99.7 cm³/mol. The molecule has 0 spiro atoms. The van der Waals surface area contributed by atoms with Crippen LogP contribution in [0, 0.1) is 23.7 Å². The van der Waals surface area contributed by atoms with Crippen LogP contribution in [-0.4, -0.2) is 44.3 Å². The summed E-state index contributed by atoms with van der Waals surface area (Å²) in [7, 11) is 0. The third kappa shape index (κ3) is 7.54. The number of allylic oxidation sites excluding steroid dienone is 4. The molecule has 156 valence electrons. The second kappa shape index (κ2) is 11.9. The van der Waals surface area contributed by atoms with Gasteiger partial charge in [-0.05, 0) is 51.4 Å². The second-order valence-electron chi connectivity index (χ2n) is 7.04. The molecule has 0 heterocycles. The summed E-state index contributed by atoms with van der Waals surface area (Å²) in [4.78, 5) is 43.4. The van der Waals surface area contributed by atoms with E-state index in [9.17, 15) is 19.2 Å². The van der Waals surface area contributed by atoms with Gasteiger partial charge in [0.1, 0.15) is 0 Å². The molecular weight excluding hydrogens is 368 g/mol. The molecular formula is C20H28O8. The Morgan fingerprint density at radius 1 is 0.536 bits per heavy atom. The molecule has 0 aliphatic heterocycles. The van der Waals surface area contributed by atoms with Crippen molar-refractivity contribution in [1.82, 2.24) is 0 Å². The van der Waals surface area contributed by atoms with Crippen molar-refractivity contribution in [2.24, 2.45) is 23.7 Å². The van der Waals surface area contributed by atoms with Crippen LogP contribution in [-0.2, 0) is 19.2 Å². The standard InChI is InChI=1S/2C10H14O4/c2*11-9(12)7-5-3-1-2-4-6-8(7)10(13)14/h1,3,7-8H,2,4-6H2,(H,11,12)(H,13,14);1-2,7-8H,3-6H2,(H,11,12)(H,13,14). The first-order chi connectivity index (χ1) is 13.3. The molecule has 4 atom stereocenters. The van der Waals surface area contributed by atoms with E-state index in [0.29, 0.717) is 38.5 Å². The van der Waals surface area contributed by atoms with Crippen molar-refractivity contribution in [3.63, 3.8) is 0 Å². The minimum atomic E-state index is -1.01. The summed E-state index contributed by atoms with van der Waals surface area (Å²) >= 11 is 0. The summed E-state index contributed by atoms with van der Waals surface area (Å²) in [6.07, 6.45) is 12.1. The van der Waals surface area contributed by atoms with Crippen LogP contribution in [0.3, 0.4) is 0 Å². The molecule has 4 unspecified atom stereocenters. The van der Waals surface area contributed by atoms with Crippen LogP contribution >= 0.6 is 0 Å². The molecule has 4 N–H and O–H groups in total. The van der Waals surface area contributed by atoms with Gasteiger partial charge in [-0.25, -0.2) is 0 Å². The van der Waals surface area contributed by atoms with Gasteiger partial charge in [-0.2, -0.15) is 0 Å². The minimum absolute atomic E-state index is 0.326. The molecule has 0 radical (unpaired) electrons. The van der Waals surface area contributed by atoms with Crippen molar-refractivity contribution >= 4 is 23.9 Å². The molecule has 0 saturated carbocycles. The number of carboxylic acids is 4. The fourth-order valence-corrected chi connectivity index (χ4v) is 3.53. The van der Waals surface area contributed by atoms with Crippen LogP contribution in [0.2, 0.25) is 0 Å². The molecule has 0 fully saturated rings. The lowest BCUT2D eigenvalue weighted by Gasteiger charge is -2.20. The van der Waals surface area contributed by atoms with Crippen LogP contribution in [0.25, 0.3) is 0 Å². The molecule has 8 heteroatoms. The van der Waals surface area contributed by atoms with Gasteiger partial charge < -0.3 is 20.4 Å². The fraction of sp³-hybridized carbons (Fsp3) is 0.600. The first-order valence-electron chi connectivity index (χ1n) is 9.46. The number of carboxylic acid groups (broad SMARTS) is 4. The van der Waals surface area contributed by atoms with Crippen molar-refractivity contribution in [3.8, 4) is 0 Å². The van der Waals surface area contributed by atoms with E-state index in [4.69, 9.17) is 20.4 Å². The van der Waals surface area contributed by atoms with E-state index in [-0.39, 0.29) is 0 Å². The minimum Gasteiger partial charge on any atom is -0.481 e. The highest BCUT2D eigenvalue weighted by molar-refractivity contribution is 5.80. The lowest BCUT2D eigenvalue weighted by molar-refractivity contribution is -0.154. The zero-order valence-electron chi connectivity index (χ0n) is 15.7. The SMILES string of the molecule is O=C(O)C1CC=CCCCC1C(=O)O.O=C(O)C1CCC=CCCC1C(=O)O. The Balaban J connectivity index is 0.000000280. The normalized spacial score (nSPS) is 27.7. The number of hydrogen-bond acceptors (Lipinski definition) is 4.